The van der Waals surface area contributed by atoms with E-state index in [1.807, 2.05) is 6.07 Å². The largest absolute Gasteiger partial charge is 0.493 e. The summed E-state index contributed by atoms with van der Waals surface area (Å²) in [6.45, 7) is 7.83. The fourth-order valence-corrected chi connectivity index (χ4v) is 2.19. The van der Waals surface area contributed by atoms with Crippen LogP contribution in [0.5, 0.6) is 5.75 Å². The first-order chi connectivity index (χ1) is 9.24. The molecule has 1 unspecified atom stereocenters. The van der Waals surface area contributed by atoms with Crippen molar-refractivity contribution in [2.75, 3.05) is 19.8 Å². The maximum Gasteiger partial charge on any atom is 0.119 e. The molecular weight excluding hydrogens is 238 g/mol. The van der Waals surface area contributed by atoms with Gasteiger partial charge >= 0.3 is 0 Å². The first kappa shape index (κ1) is 14.4. The Labute approximate surface area is 116 Å². The average molecular weight is 263 g/mol. The monoisotopic (exact) mass is 263 g/mol. The molecule has 1 aromatic carbocycles. The molecule has 1 aliphatic rings. The summed E-state index contributed by atoms with van der Waals surface area (Å²) in [7, 11) is 0. The van der Waals surface area contributed by atoms with E-state index < -0.39 is 0 Å². The zero-order chi connectivity index (χ0) is 13.5. The second kappa shape index (κ2) is 7.51. The zero-order valence-electron chi connectivity index (χ0n) is 12.0. The van der Waals surface area contributed by atoms with Crippen LogP contribution in [0.4, 0.5) is 0 Å². The third kappa shape index (κ3) is 5.21. The Morgan fingerprint density at radius 2 is 2.32 bits per heavy atom. The summed E-state index contributed by atoms with van der Waals surface area (Å²) in [6, 6.07) is 8.32. The van der Waals surface area contributed by atoms with Gasteiger partial charge in [0.2, 0.25) is 0 Å². The molecule has 0 bridgehead atoms. The third-order valence-electron chi connectivity index (χ3n) is 3.21. The minimum Gasteiger partial charge on any atom is -0.493 e. The Kier molecular flexibility index (Phi) is 5.67. The van der Waals surface area contributed by atoms with Gasteiger partial charge in [-0.1, -0.05) is 26.0 Å². The van der Waals surface area contributed by atoms with Crippen LogP contribution in [0, 0.1) is 5.92 Å². The maximum atomic E-state index is 5.74. The van der Waals surface area contributed by atoms with Gasteiger partial charge in [0.05, 0.1) is 12.7 Å². The topological polar surface area (TPSA) is 30.5 Å². The Bertz CT molecular complexity index is 373. The molecule has 0 aromatic heterocycles. The van der Waals surface area contributed by atoms with E-state index in [1.165, 1.54) is 18.4 Å². The van der Waals surface area contributed by atoms with Crippen molar-refractivity contribution < 1.29 is 9.47 Å². The van der Waals surface area contributed by atoms with Crippen molar-refractivity contribution in [1.82, 2.24) is 5.32 Å². The van der Waals surface area contributed by atoms with Gasteiger partial charge < -0.3 is 14.8 Å². The van der Waals surface area contributed by atoms with Crippen LogP contribution < -0.4 is 10.1 Å². The van der Waals surface area contributed by atoms with Gasteiger partial charge in [-0.05, 0) is 36.5 Å². The number of rotatable bonds is 7. The van der Waals surface area contributed by atoms with Crippen LogP contribution in [0.25, 0.3) is 0 Å². The SMILES string of the molecule is CC(C)COc1cccc(CNCC2CCCO2)c1. The second-order valence-corrected chi connectivity index (χ2v) is 5.62. The highest BCUT2D eigenvalue weighted by atomic mass is 16.5. The molecule has 0 amide bonds. The lowest BCUT2D eigenvalue weighted by Crippen LogP contribution is -2.25. The maximum absolute atomic E-state index is 5.74. The summed E-state index contributed by atoms with van der Waals surface area (Å²) in [5.41, 5.74) is 1.26. The summed E-state index contributed by atoms with van der Waals surface area (Å²) in [5, 5.41) is 3.46. The molecule has 0 spiro atoms. The van der Waals surface area contributed by atoms with Crippen molar-refractivity contribution in [2.45, 2.75) is 39.3 Å². The summed E-state index contributed by atoms with van der Waals surface area (Å²) in [6.07, 6.45) is 2.79. The van der Waals surface area contributed by atoms with Crippen LogP contribution in [-0.4, -0.2) is 25.9 Å². The number of hydrogen-bond acceptors (Lipinski definition) is 3. The molecule has 1 atom stereocenters. The lowest BCUT2D eigenvalue weighted by molar-refractivity contribution is 0.110. The van der Waals surface area contributed by atoms with Gasteiger partial charge in [0, 0.05) is 19.7 Å². The van der Waals surface area contributed by atoms with Crippen molar-refractivity contribution in [3.05, 3.63) is 29.8 Å². The summed E-state index contributed by atoms with van der Waals surface area (Å²) < 4.78 is 11.3. The Morgan fingerprint density at radius 3 is 3.05 bits per heavy atom. The molecule has 3 nitrogen and oxygen atoms in total. The minimum atomic E-state index is 0.403. The number of ether oxygens (including phenoxy) is 2. The van der Waals surface area contributed by atoms with Gasteiger partial charge in [-0.3, -0.25) is 0 Å². The van der Waals surface area contributed by atoms with Crippen molar-refractivity contribution in [1.29, 1.82) is 0 Å². The summed E-state index contributed by atoms with van der Waals surface area (Å²) >= 11 is 0. The van der Waals surface area contributed by atoms with Crippen LogP contribution in [0.1, 0.15) is 32.3 Å². The first-order valence-corrected chi connectivity index (χ1v) is 7.28. The summed E-state index contributed by atoms with van der Waals surface area (Å²) in [4.78, 5) is 0. The van der Waals surface area contributed by atoms with E-state index in [0.29, 0.717) is 12.0 Å². The Morgan fingerprint density at radius 1 is 1.42 bits per heavy atom. The Hall–Kier alpha value is -1.06. The predicted octanol–water partition coefficient (Wildman–Crippen LogP) is 2.99. The molecule has 1 aromatic rings. The lowest BCUT2D eigenvalue weighted by Gasteiger charge is -2.12. The second-order valence-electron chi connectivity index (χ2n) is 5.62. The molecule has 1 saturated heterocycles. The minimum absolute atomic E-state index is 0.403. The fraction of sp³-hybridized carbons (Fsp3) is 0.625. The molecule has 3 heteroatoms. The predicted molar refractivity (Wildman–Crippen MR) is 77.5 cm³/mol. The van der Waals surface area contributed by atoms with E-state index in [9.17, 15) is 0 Å². The molecule has 106 valence electrons. The highest BCUT2D eigenvalue weighted by Gasteiger charge is 2.14. The number of hydrogen-bond donors (Lipinski definition) is 1. The molecule has 1 heterocycles. The van der Waals surface area contributed by atoms with E-state index in [4.69, 9.17) is 9.47 Å². The van der Waals surface area contributed by atoms with Crippen LogP contribution in [0.3, 0.4) is 0 Å². The highest BCUT2D eigenvalue weighted by Crippen LogP contribution is 2.15. The molecule has 1 fully saturated rings. The summed E-state index contributed by atoms with van der Waals surface area (Å²) in [5.74, 6) is 1.52. The smallest absolute Gasteiger partial charge is 0.119 e. The molecule has 0 saturated carbocycles. The van der Waals surface area contributed by atoms with Crippen LogP contribution in [0.2, 0.25) is 0 Å². The van der Waals surface area contributed by atoms with Gasteiger partial charge in [0.15, 0.2) is 0 Å². The van der Waals surface area contributed by atoms with E-state index in [1.54, 1.807) is 0 Å². The lowest BCUT2D eigenvalue weighted by atomic mass is 10.2. The third-order valence-corrected chi connectivity index (χ3v) is 3.21. The molecule has 1 aliphatic heterocycles. The van der Waals surface area contributed by atoms with E-state index >= 15 is 0 Å². The van der Waals surface area contributed by atoms with Gasteiger partial charge in [-0.15, -0.1) is 0 Å². The van der Waals surface area contributed by atoms with Crippen molar-refractivity contribution in [3.63, 3.8) is 0 Å². The van der Waals surface area contributed by atoms with E-state index in [-0.39, 0.29) is 0 Å². The van der Waals surface area contributed by atoms with Gasteiger partial charge in [0.1, 0.15) is 5.75 Å². The average Bonchev–Trinajstić information content (AvgIpc) is 2.90. The van der Waals surface area contributed by atoms with Crippen LogP contribution >= 0.6 is 0 Å². The van der Waals surface area contributed by atoms with Crippen molar-refractivity contribution in [2.24, 2.45) is 5.92 Å². The highest BCUT2D eigenvalue weighted by molar-refractivity contribution is 5.28. The molecule has 0 aliphatic carbocycles. The quantitative estimate of drug-likeness (QED) is 0.820. The van der Waals surface area contributed by atoms with Crippen LogP contribution in [0.15, 0.2) is 24.3 Å². The fourth-order valence-electron chi connectivity index (χ4n) is 2.19. The zero-order valence-corrected chi connectivity index (χ0v) is 12.0. The molecule has 0 radical (unpaired) electrons. The van der Waals surface area contributed by atoms with Gasteiger partial charge in [0.25, 0.3) is 0 Å². The Balaban J connectivity index is 1.74. The molecular formula is C16H25NO2. The number of benzene rings is 1. The van der Waals surface area contributed by atoms with Crippen molar-refractivity contribution in [3.8, 4) is 5.75 Å². The normalized spacial score (nSPS) is 19.0. The van der Waals surface area contributed by atoms with E-state index in [0.717, 1.165) is 32.1 Å². The van der Waals surface area contributed by atoms with Crippen LogP contribution in [-0.2, 0) is 11.3 Å². The van der Waals surface area contributed by atoms with Gasteiger partial charge in [-0.2, -0.15) is 0 Å². The van der Waals surface area contributed by atoms with Gasteiger partial charge in [-0.25, -0.2) is 0 Å². The van der Waals surface area contributed by atoms with Crippen molar-refractivity contribution >= 4 is 0 Å². The standard InChI is InChI=1S/C16H25NO2/c1-13(2)12-19-15-6-3-5-14(9-15)10-17-11-16-7-4-8-18-16/h3,5-6,9,13,16-17H,4,7-8,10-12H2,1-2H3. The molecule has 1 N–H and O–H groups in total. The van der Waals surface area contributed by atoms with E-state index in [2.05, 4.69) is 37.4 Å². The first-order valence-electron chi connectivity index (χ1n) is 7.28. The molecule has 2 rings (SSSR count). The molecule has 19 heavy (non-hydrogen) atoms. The number of nitrogens with one attached hydrogen (secondary N) is 1.